The summed E-state index contributed by atoms with van der Waals surface area (Å²) in [4.78, 5) is 32.0. The van der Waals surface area contributed by atoms with Crippen molar-refractivity contribution in [2.24, 2.45) is 0 Å². The smallest absolute Gasteiger partial charge is 0.261 e. The second-order valence-corrected chi connectivity index (χ2v) is 8.26. The van der Waals surface area contributed by atoms with Crippen LogP contribution in [0.25, 0.3) is 16.9 Å². The Morgan fingerprint density at radius 1 is 1.26 bits per heavy atom. The number of rotatable bonds is 6. The zero-order chi connectivity index (χ0) is 24.4. The van der Waals surface area contributed by atoms with Gasteiger partial charge in [-0.15, -0.1) is 0 Å². The average Bonchev–Trinajstić information content (AvgIpc) is 3.48. The minimum absolute atomic E-state index is 0.00399. The maximum Gasteiger partial charge on any atom is 0.261 e. The number of methoxy groups -OCH3 is 1. The van der Waals surface area contributed by atoms with Gasteiger partial charge in [-0.2, -0.15) is 10.2 Å². The lowest BCUT2D eigenvalue weighted by Gasteiger charge is -2.26. The van der Waals surface area contributed by atoms with E-state index in [-0.39, 0.29) is 12.5 Å². The summed E-state index contributed by atoms with van der Waals surface area (Å²) >= 11 is 6.25. The lowest BCUT2D eigenvalue weighted by Crippen LogP contribution is -2.42. The molecule has 4 heterocycles. The molecule has 1 aliphatic heterocycles. The normalized spacial score (nSPS) is 13.7. The number of anilines is 1. The molecule has 0 aliphatic carbocycles. The van der Waals surface area contributed by atoms with Crippen molar-refractivity contribution in [3.8, 4) is 17.0 Å². The van der Waals surface area contributed by atoms with Gasteiger partial charge in [0.2, 0.25) is 5.91 Å². The summed E-state index contributed by atoms with van der Waals surface area (Å²) in [6.07, 6.45) is 6.36. The molecule has 1 aromatic carbocycles. The molecule has 1 N–H and O–H groups in total. The molecule has 0 bridgehead atoms. The maximum absolute atomic E-state index is 13.2. The van der Waals surface area contributed by atoms with E-state index in [1.807, 2.05) is 0 Å². The maximum atomic E-state index is 13.2. The predicted molar refractivity (Wildman–Crippen MR) is 128 cm³/mol. The standard InChI is InChI=1S/C23H22ClN7O4/c1-34-19-4-3-15(24)11-16(19)21-18(13-30(28-21)14-20(32)29-7-9-35-10-8-29)27-23(33)17-12-26-31-6-2-5-25-22(17)31/h2-6,11-13H,7-10,14H2,1H3,(H,27,33). The third-order valence-electron chi connectivity index (χ3n) is 5.61. The number of nitrogens with one attached hydrogen (secondary N) is 1. The van der Waals surface area contributed by atoms with E-state index >= 15 is 0 Å². The zero-order valence-corrected chi connectivity index (χ0v) is 19.6. The molecule has 1 aliphatic rings. The zero-order valence-electron chi connectivity index (χ0n) is 18.8. The second-order valence-electron chi connectivity index (χ2n) is 7.83. The Balaban J connectivity index is 1.50. The summed E-state index contributed by atoms with van der Waals surface area (Å²) in [7, 11) is 1.54. The van der Waals surface area contributed by atoms with Crippen LogP contribution in [0, 0.1) is 0 Å². The topological polar surface area (TPSA) is 116 Å². The van der Waals surface area contributed by atoms with Crippen LogP contribution in [0.4, 0.5) is 5.69 Å². The second kappa shape index (κ2) is 9.72. The highest BCUT2D eigenvalue weighted by Crippen LogP contribution is 2.36. The van der Waals surface area contributed by atoms with E-state index in [9.17, 15) is 9.59 Å². The fraction of sp³-hybridized carbons (Fsp3) is 0.261. The van der Waals surface area contributed by atoms with Gasteiger partial charge in [-0.05, 0) is 24.3 Å². The van der Waals surface area contributed by atoms with Crippen molar-refractivity contribution in [1.29, 1.82) is 0 Å². The molecule has 5 rings (SSSR count). The molecule has 1 saturated heterocycles. The number of hydrogen-bond donors (Lipinski definition) is 1. The van der Waals surface area contributed by atoms with Gasteiger partial charge in [-0.3, -0.25) is 14.3 Å². The number of carbonyl (C=O) groups is 2. The highest BCUT2D eigenvalue weighted by atomic mass is 35.5. The van der Waals surface area contributed by atoms with Crippen LogP contribution in [0.5, 0.6) is 5.75 Å². The molecule has 0 saturated carbocycles. The molecule has 2 amide bonds. The quantitative estimate of drug-likeness (QED) is 0.436. The monoisotopic (exact) mass is 495 g/mol. The fourth-order valence-electron chi connectivity index (χ4n) is 3.89. The number of morpholine rings is 1. The Bertz CT molecular complexity index is 1390. The van der Waals surface area contributed by atoms with Gasteiger partial charge in [-0.25, -0.2) is 9.50 Å². The van der Waals surface area contributed by atoms with Crippen LogP contribution in [-0.4, -0.2) is 74.5 Å². The van der Waals surface area contributed by atoms with Crippen molar-refractivity contribution >= 4 is 34.7 Å². The SMILES string of the molecule is COc1ccc(Cl)cc1-c1nn(CC(=O)N2CCOCC2)cc1NC(=O)c1cnn2cccnc12. The van der Waals surface area contributed by atoms with Crippen LogP contribution in [0.3, 0.4) is 0 Å². The number of hydrogen-bond acceptors (Lipinski definition) is 7. The van der Waals surface area contributed by atoms with E-state index in [1.165, 1.54) is 22.5 Å². The summed E-state index contributed by atoms with van der Waals surface area (Å²) < 4.78 is 13.8. The minimum atomic E-state index is -0.417. The number of benzene rings is 1. The number of halogens is 1. The molecule has 0 spiro atoms. The molecular weight excluding hydrogens is 474 g/mol. The molecular formula is C23H22ClN7O4. The van der Waals surface area contributed by atoms with Crippen molar-refractivity contribution in [2.75, 3.05) is 38.7 Å². The molecule has 35 heavy (non-hydrogen) atoms. The van der Waals surface area contributed by atoms with E-state index in [4.69, 9.17) is 21.1 Å². The van der Waals surface area contributed by atoms with E-state index < -0.39 is 5.91 Å². The molecule has 0 unspecified atom stereocenters. The summed E-state index contributed by atoms with van der Waals surface area (Å²) in [5, 5.41) is 12.1. The van der Waals surface area contributed by atoms with Crippen LogP contribution in [0.1, 0.15) is 10.4 Å². The molecule has 180 valence electrons. The van der Waals surface area contributed by atoms with Crippen LogP contribution in [-0.2, 0) is 16.1 Å². The van der Waals surface area contributed by atoms with E-state index in [1.54, 1.807) is 47.8 Å². The predicted octanol–water partition coefficient (Wildman–Crippen LogP) is 2.37. The van der Waals surface area contributed by atoms with Crippen molar-refractivity contribution in [3.05, 3.63) is 59.6 Å². The van der Waals surface area contributed by atoms with Crippen LogP contribution in [0.15, 0.2) is 49.1 Å². The van der Waals surface area contributed by atoms with Gasteiger partial charge in [-0.1, -0.05) is 11.6 Å². The molecule has 1 fully saturated rings. The van der Waals surface area contributed by atoms with E-state index in [2.05, 4.69) is 20.5 Å². The van der Waals surface area contributed by atoms with Crippen LogP contribution < -0.4 is 10.1 Å². The van der Waals surface area contributed by atoms with Gasteiger partial charge >= 0.3 is 0 Å². The Morgan fingerprint density at radius 3 is 2.89 bits per heavy atom. The van der Waals surface area contributed by atoms with Crippen LogP contribution >= 0.6 is 11.6 Å². The van der Waals surface area contributed by atoms with Gasteiger partial charge in [0, 0.05) is 42.3 Å². The van der Waals surface area contributed by atoms with Gasteiger partial charge in [0.1, 0.15) is 23.6 Å². The summed E-state index contributed by atoms with van der Waals surface area (Å²) in [6.45, 7) is 2.07. The molecule has 12 heteroatoms. The van der Waals surface area contributed by atoms with Crippen molar-refractivity contribution in [2.45, 2.75) is 6.54 Å². The Hall–Kier alpha value is -3.96. The first-order valence-electron chi connectivity index (χ1n) is 10.9. The average molecular weight is 496 g/mol. The highest BCUT2D eigenvalue weighted by Gasteiger charge is 2.23. The van der Waals surface area contributed by atoms with Crippen molar-refractivity contribution in [1.82, 2.24) is 29.3 Å². The van der Waals surface area contributed by atoms with E-state index in [0.717, 1.165) is 0 Å². The Kier molecular flexibility index (Phi) is 6.34. The molecule has 3 aromatic heterocycles. The largest absolute Gasteiger partial charge is 0.496 e. The van der Waals surface area contributed by atoms with Gasteiger partial charge < -0.3 is 19.7 Å². The number of aromatic nitrogens is 5. The van der Waals surface area contributed by atoms with Crippen molar-refractivity contribution < 1.29 is 19.1 Å². The highest BCUT2D eigenvalue weighted by molar-refractivity contribution is 6.31. The van der Waals surface area contributed by atoms with E-state index in [0.29, 0.717) is 65.2 Å². The first-order valence-corrected chi connectivity index (χ1v) is 11.3. The number of fused-ring (bicyclic) bond motifs is 1. The number of nitrogens with zero attached hydrogens (tertiary/aromatic N) is 6. The first-order chi connectivity index (χ1) is 17.0. The lowest BCUT2D eigenvalue weighted by atomic mass is 10.1. The third kappa shape index (κ3) is 4.68. The van der Waals surface area contributed by atoms with Gasteiger partial charge in [0.25, 0.3) is 5.91 Å². The summed E-state index contributed by atoms with van der Waals surface area (Å²) in [5.74, 6) is 0.0115. The molecule has 0 atom stereocenters. The third-order valence-corrected chi connectivity index (χ3v) is 5.85. The molecule has 0 radical (unpaired) electrons. The summed E-state index contributed by atoms with van der Waals surface area (Å²) in [5.41, 5.74) is 2.09. The molecule has 4 aromatic rings. The van der Waals surface area contributed by atoms with Gasteiger partial charge in [0.05, 0.1) is 32.2 Å². The lowest BCUT2D eigenvalue weighted by molar-refractivity contribution is -0.136. The molecule has 11 nitrogen and oxygen atoms in total. The van der Waals surface area contributed by atoms with Crippen molar-refractivity contribution in [3.63, 3.8) is 0 Å². The first kappa shape index (κ1) is 22.8. The Morgan fingerprint density at radius 2 is 2.09 bits per heavy atom. The van der Waals surface area contributed by atoms with Crippen LogP contribution in [0.2, 0.25) is 5.02 Å². The number of ether oxygens (including phenoxy) is 2. The Labute approximate surface area is 205 Å². The number of amides is 2. The number of carbonyl (C=O) groups excluding carboxylic acids is 2. The minimum Gasteiger partial charge on any atom is -0.496 e. The fourth-order valence-corrected chi connectivity index (χ4v) is 4.06. The van der Waals surface area contributed by atoms with Gasteiger partial charge in [0.15, 0.2) is 5.65 Å². The summed E-state index contributed by atoms with van der Waals surface area (Å²) in [6, 6.07) is 6.84.